The van der Waals surface area contributed by atoms with Crippen LogP contribution in [0.5, 0.6) is 11.5 Å². The van der Waals surface area contributed by atoms with Crippen LogP contribution in [0.3, 0.4) is 0 Å². The average Bonchev–Trinajstić information content (AvgIpc) is 2.17. The first-order valence-corrected chi connectivity index (χ1v) is 4.58. The summed E-state index contributed by atoms with van der Waals surface area (Å²) >= 11 is 4.95. The Morgan fingerprint density at radius 2 is 2.00 bits per heavy atom. The fraction of sp³-hybridized carbons (Fsp3) is 0.300. The molecule has 3 nitrogen and oxygen atoms in total. The van der Waals surface area contributed by atoms with Gasteiger partial charge in [0, 0.05) is 6.07 Å². The molecule has 0 aliphatic rings. The number of hydrogen-bond acceptors (Lipinski definition) is 3. The molecule has 0 amide bonds. The van der Waals surface area contributed by atoms with Crippen LogP contribution in [0, 0.1) is 0 Å². The quantitative estimate of drug-likeness (QED) is 0.778. The standard InChI is InChI=1S/C10H13NO2S/c1-7(14)11-9-5-4-8(12-2)6-10(9)13-3/h4-6H,1-3H3,(H,11,14). The number of thiocarbonyl (C=S) groups is 1. The zero-order valence-electron chi connectivity index (χ0n) is 8.46. The molecule has 0 radical (unpaired) electrons. The van der Waals surface area contributed by atoms with E-state index in [0.29, 0.717) is 10.7 Å². The van der Waals surface area contributed by atoms with Crippen molar-refractivity contribution in [2.45, 2.75) is 6.92 Å². The highest BCUT2D eigenvalue weighted by molar-refractivity contribution is 7.80. The van der Waals surface area contributed by atoms with Crippen LogP contribution in [0.2, 0.25) is 0 Å². The van der Waals surface area contributed by atoms with Crippen molar-refractivity contribution in [2.24, 2.45) is 0 Å². The number of benzene rings is 1. The van der Waals surface area contributed by atoms with Crippen molar-refractivity contribution < 1.29 is 9.47 Å². The third-order valence-electron chi connectivity index (χ3n) is 1.72. The van der Waals surface area contributed by atoms with Gasteiger partial charge in [-0.1, -0.05) is 12.2 Å². The van der Waals surface area contributed by atoms with Crippen molar-refractivity contribution in [2.75, 3.05) is 19.5 Å². The second-order valence-corrected chi connectivity index (χ2v) is 3.36. The summed E-state index contributed by atoms with van der Waals surface area (Å²) in [5, 5.41) is 3.03. The fourth-order valence-corrected chi connectivity index (χ4v) is 1.20. The van der Waals surface area contributed by atoms with E-state index >= 15 is 0 Å². The predicted molar refractivity (Wildman–Crippen MR) is 61.4 cm³/mol. The van der Waals surface area contributed by atoms with Crippen LogP contribution in [-0.2, 0) is 0 Å². The second-order valence-electron chi connectivity index (χ2n) is 2.75. The van der Waals surface area contributed by atoms with Gasteiger partial charge in [-0.05, 0) is 19.1 Å². The molecule has 0 fully saturated rings. The number of ether oxygens (including phenoxy) is 2. The van der Waals surface area contributed by atoms with Gasteiger partial charge in [-0.3, -0.25) is 0 Å². The molecule has 0 heterocycles. The van der Waals surface area contributed by atoms with E-state index in [1.54, 1.807) is 20.3 Å². The first-order valence-electron chi connectivity index (χ1n) is 4.17. The smallest absolute Gasteiger partial charge is 0.146 e. The van der Waals surface area contributed by atoms with Crippen LogP contribution in [0.4, 0.5) is 5.69 Å². The minimum absolute atomic E-state index is 0.702. The fourth-order valence-electron chi connectivity index (χ4n) is 1.09. The lowest BCUT2D eigenvalue weighted by Gasteiger charge is -2.11. The third-order valence-corrected chi connectivity index (χ3v) is 1.82. The molecule has 0 unspecified atom stereocenters. The molecular weight excluding hydrogens is 198 g/mol. The Labute approximate surface area is 89.0 Å². The molecule has 1 aromatic carbocycles. The van der Waals surface area contributed by atoms with E-state index in [1.807, 2.05) is 19.1 Å². The van der Waals surface area contributed by atoms with Gasteiger partial charge >= 0.3 is 0 Å². The van der Waals surface area contributed by atoms with E-state index in [0.717, 1.165) is 11.4 Å². The van der Waals surface area contributed by atoms with Crippen molar-refractivity contribution >= 4 is 22.9 Å². The van der Waals surface area contributed by atoms with Gasteiger partial charge in [0.15, 0.2) is 0 Å². The van der Waals surface area contributed by atoms with E-state index in [-0.39, 0.29) is 0 Å². The molecule has 0 aliphatic carbocycles. The summed E-state index contributed by atoms with van der Waals surface area (Å²) in [6.07, 6.45) is 0. The maximum Gasteiger partial charge on any atom is 0.146 e. The van der Waals surface area contributed by atoms with E-state index in [4.69, 9.17) is 21.7 Å². The van der Waals surface area contributed by atoms with Crippen LogP contribution >= 0.6 is 12.2 Å². The van der Waals surface area contributed by atoms with Gasteiger partial charge in [0.2, 0.25) is 0 Å². The molecule has 0 spiro atoms. The number of rotatable bonds is 3. The van der Waals surface area contributed by atoms with Gasteiger partial charge in [-0.25, -0.2) is 0 Å². The van der Waals surface area contributed by atoms with Gasteiger partial charge < -0.3 is 14.8 Å². The number of methoxy groups -OCH3 is 2. The van der Waals surface area contributed by atoms with E-state index in [1.165, 1.54) is 0 Å². The van der Waals surface area contributed by atoms with E-state index < -0.39 is 0 Å². The summed E-state index contributed by atoms with van der Waals surface area (Å²) < 4.78 is 10.3. The van der Waals surface area contributed by atoms with Crippen LogP contribution in [0.15, 0.2) is 18.2 Å². The SMILES string of the molecule is COc1ccc(NC(C)=S)c(OC)c1. The predicted octanol–water partition coefficient (Wildman–Crippen LogP) is 2.46. The Balaban J connectivity index is 2.98. The Hall–Kier alpha value is -1.29. The monoisotopic (exact) mass is 211 g/mol. The molecule has 0 saturated carbocycles. The number of hydrogen-bond donors (Lipinski definition) is 1. The van der Waals surface area contributed by atoms with Crippen LogP contribution < -0.4 is 14.8 Å². The topological polar surface area (TPSA) is 30.5 Å². The zero-order chi connectivity index (χ0) is 10.6. The summed E-state index contributed by atoms with van der Waals surface area (Å²) in [6, 6.07) is 5.52. The lowest BCUT2D eigenvalue weighted by molar-refractivity contribution is 0.395. The molecule has 1 rings (SSSR count). The maximum absolute atomic E-state index is 5.19. The van der Waals surface area contributed by atoms with Crippen LogP contribution in [0.1, 0.15) is 6.92 Å². The molecule has 4 heteroatoms. The van der Waals surface area contributed by atoms with E-state index in [9.17, 15) is 0 Å². The summed E-state index contributed by atoms with van der Waals surface area (Å²) in [5.74, 6) is 1.47. The summed E-state index contributed by atoms with van der Waals surface area (Å²) in [6.45, 7) is 1.82. The normalized spacial score (nSPS) is 9.36. The van der Waals surface area contributed by atoms with Crippen LogP contribution in [-0.4, -0.2) is 19.2 Å². The molecule has 0 saturated heterocycles. The molecule has 0 aliphatic heterocycles. The minimum atomic E-state index is 0.702. The number of anilines is 1. The molecule has 1 aromatic rings. The van der Waals surface area contributed by atoms with Gasteiger partial charge in [0.25, 0.3) is 0 Å². The number of nitrogens with one attached hydrogen (secondary N) is 1. The summed E-state index contributed by atoms with van der Waals surface area (Å²) in [4.78, 5) is 0.702. The van der Waals surface area contributed by atoms with Gasteiger partial charge in [0.05, 0.1) is 24.9 Å². The highest BCUT2D eigenvalue weighted by Gasteiger charge is 2.04. The maximum atomic E-state index is 5.19. The van der Waals surface area contributed by atoms with Crippen LogP contribution in [0.25, 0.3) is 0 Å². The van der Waals surface area contributed by atoms with Gasteiger partial charge in [-0.2, -0.15) is 0 Å². The summed E-state index contributed by atoms with van der Waals surface area (Å²) in [5.41, 5.74) is 0.848. The lowest BCUT2D eigenvalue weighted by atomic mass is 10.2. The Bertz CT molecular complexity index is 339. The van der Waals surface area contributed by atoms with Crippen molar-refractivity contribution in [1.82, 2.24) is 0 Å². The largest absolute Gasteiger partial charge is 0.497 e. The van der Waals surface area contributed by atoms with Crippen molar-refractivity contribution in [3.05, 3.63) is 18.2 Å². The van der Waals surface area contributed by atoms with Gasteiger partial charge in [-0.15, -0.1) is 0 Å². The minimum Gasteiger partial charge on any atom is -0.497 e. The third kappa shape index (κ3) is 2.60. The van der Waals surface area contributed by atoms with Crippen molar-refractivity contribution in [1.29, 1.82) is 0 Å². The molecule has 0 bridgehead atoms. The Morgan fingerprint density at radius 1 is 1.29 bits per heavy atom. The summed E-state index contributed by atoms with van der Waals surface area (Å²) in [7, 11) is 3.23. The molecule has 1 N–H and O–H groups in total. The molecule has 0 aromatic heterocycles. The first kappa shape index (κ1) is 10.8. The molecule has 14 heavy (non-hydrogen) atoms. The average molecular weight is 211 g/mol. The van der Waals surface area contributed by atoms with E-state index in [2.05, 4.69) is 5.32 Å². The lowest BCUT2D eigenvalue weighted by Crippen LogP contribution is -2.04. The second kappa shape index (κ2) is 4.81. The van der Waals surface area contributed by atoms with Crippen molar-refractivity contribution in [3.8, 4) is 11.5 Å². The molecule has 0 atom stereocenters. The van der Waals surface area contributed by atoms with Gasteiger partial charge in [0.1, 0.15) is 11.5 Å². The first-order chi connectivity index (χ1) is 6.67. The Morgan fingerprint density at radius 3 is 2.50 bits per heavy atom. The zero-order valence-corrected chi connectivity index (χ0v) is 9.27. The Kier molecular flexibility index (Phi) is 3.71. The molecular formula is C10H13NO2S. The highest BCUT2D eigenvalue weighted by Crippen LogP contribution is 2.28. The van der Waals surface area contributed by atoms with Crippen molar-refractivity contribution in [3.63, 3.8) is 0 Å². The highest BCUT2D eigenvalue weighted by atomic mass is 32.1. The molecule has 76 valence electrons.